The number of nitrogens with one attached hydrogen (secondary N) is 1. The highest BCUT2D eigenvalue weighted by Gasteiger charge is 2.13. The minimum atomic E-state index is -0.00892. The monoisotopic (exact) mass is 233 g/mol. The van der Waals surface area contributed by atoms with Gasteiger partial charge in [-0.25, -0.2) is 0 Å². The maximum absolute atomic E-state index is 7.30. The molecule has 2 heteroatoms. The molecular weight excluding hydrogens is 210 g/mol. The number of rotatable bonds is 6. The molecule has 0 atom stereocenters. The summed E-state index contributed by atoms with van der Waals surface area (Å²) in [5.74, 6) is 0.984. The zero-order valence-electron chi connectivity index (χ0n) is 11.3. The maximum atomic E-state index is 7.30. The van der Waals surface area contributed by atoms with Crippen molar-refractivity contribution in [1.82, 2.24) is 0 Å². The number of benzene rings is 1. The first-order valence-corrected chi connectivity index (χ1v) is 6.16. The molecule has 0 radical (unpaired) electrons. The van der Waals surface area contributed by atoms with E-state index in [0.29, 0.717) is 0 Å². The lowest BCUT2D eigenvalue weighted by molar-refractivity contribution is 0.287. The zero-order valence-corrected chi connectivity index (χ0v) is 11.3. The van der Waals surface area contributed by atoms with Crippen LogP contribution in [0.2, 0.25) is 0 Å². The summed E-state index contributed by atoms with van der Waals surface area (Å²) in [6.45, 7) is 9.03. The van der Waals surface area contributed by atoms with Gasteiger partial charge in [0.05, 0.1) is 6.61 Å². The number of aryl methyl sites for hydroxylation is 2. The van der Waals surface area contributed by atoms with Gasteiger partial charge in [0.2, 0.25) is 0 Å². The van der Waals surface area contributed by atoms with Crippen molar-refractivity contribution in [2.45, 2.75) is 40.5 Å². The molecule has 94 valence electrons. The van der Waals surface area contributed by atoms with Crippen LogP contribution >= 0.6 is 0 Å². The van der Waals surface area contributed by atoms with Crippen LogP contribution in [0.5, 0.6) is 5.75 Å². The van der Waals surface area contributed by atoms with Crippen LogP contribution in [0.15, 0.2) is 18.2 Å². The lowest BCUT2D eigenvalue weighted by Gasteiger charge is -2.18. The third-order valence-electron chi connectivity index (χ3n) is 2.96. The van der Waals surface area contributed by atoms with Gasteiger partial charge in [-0.2, -0.15) is 0 Å². The largest absolute Gasteiger partial charge is 0.493 e. The van der Waals surface area contributed by atoms with Crippen LogP contribution in [0.4, 0.5) is 0 Å². The predicted molar refractivity (Wildman–Crippen MR) is 73.2 cm³/mol. The molecule has 0 bridgehead atoms. The van der Waals surface area contributed by atoms with Crippen molar-refractivity contribution in [3.05, 3.63) is 29.3 Å². The van der Waals surface area contributed by atoms with Crippen molar-refractivity contribution < 1.29 is 4.74 Å². The molecule has 17 heavy (non-hydrogen) atoms. The van der Waals surface area contributed by atoms with Crippen LogP contribution in [-0.2, 0) is 0 Å². The Kier molecular flexibility index (Phi) is 4.73. The Balaban J connectivity index is 2.41. The molecule has 1 rings (SSSR count). The van der Waals surface area contributed by atoms with Crippen LogP contribution in [0, 0.1) is 24.7 Å². The van der Waals surface area contributed by atoms with Gasteiger partial charge in [0.1, 0.15) is 5.75 Å². The lowest BCUT2D eigenvalue weighted by atomic mass is 9.90. The molecule has 0 fully saturated rings. The van der Waals surface area contributed by atoms with E-state index in [0.717, 1.165) is 25.2 Å². The highest BCUT2D eigenvalue weighted by molar-refractivity contribution is 5.60. The molecule has 0 saturated carbocycles. The molecule has 0 aliphatic carbocycles. The molecular formula is C15H23NO. The van der Waals surface area contributed by atoms with E-state index in [1.807, 2.05) is 0 Å². The van der Waals surface area contributed by atoms with Gasteiger partial charge in [-0.05, 0) is 49.3 Å². The second-order valence-electron chi connectivity index (χ2n) is 5.35. The fourth-order valence-corrected chi connectivity index (χ4v) is 1.64. The molecule has 0 heterocycles. The van der Waals surface area contributed by atoms with Gasteiger partial charge in [0.25, 0.3) is 0 Å². The maximum Gasteiger partial charge on any atom is 0.122 e. The van der Waals surface area contributed by atoms with E-state index in [1.165, 1.54) is 17.3 Å². The molecule has 1 aromatic rings. The van der Waals surface area contributed by atoms with Crippen molar-refractivity contribution in [3.8, 4) is 5.75 Å². The smallest absolute Gasteiger partial charge is 0.122 e. The van der Waals surface area contributed by atoms with Crippen molar-refractivity contribution >= 4 is 6.21 Å². The Hall–Kier alpha value is -1.31. The number of ether oxygens (including phenoxy) is 1. The summed E-state index contributed by atoms with van der Waals surface area (Å²) in [7, 11) is 0. The Morgan fingerprint density at radius 2 is 2.00 bits per heavy atom. The summed E-state index contributed by atoms with van der Waals surface area (Å²) < 4.78 is 5.78. The summed E-state index contributed by atoms with van der Waals surface area (Å²) in [6, 6.07) is 6.27. The van der Waals surface area contributed by atoms with Crippen LogP contribution in [0.1, 0.15) is 37.8 Å². The second-order valence-corrected chi connectivity index (χ2v) is 5.35. The third-order valence-corrected chi connectivity index (χ3v) is 2.96. The van der Waals surface area contributed by atoms with Crippen molar-refractivity contribution in [2.75, 3.05) is 6.61 Å². The van der Waals surface area contributed by atoms with Crippen molar-refractivity contribution in [1.29, 1.82) is 5.41 Å². The average Bonchev–Trinajstić information content (AvgIpc) is 2.29. The summed E-state index contributed by atoms with van der Waals surface area (Å²) in [5.41, 5.74) is 2.40. The van der Waals surface area contributed by atoms with Crippen molar-refractivity contribution in [3.63, 3.8) is 0 Å². The molecule has 1 aromatic carbocycles. The summed E-state index contributed by atoms with van der Waals surface area (Å²) >= 11 is 0. The minimum Gasteiger partial charge on any atom is -0.493 e. The second kappa shape index (κ2) is 5.85. The van der Waals surface area contributed by atoms with Gasteiger partial charge >= 0.3 is 0 Å². The Bertz CT molecular complexity index is 383. The van der Waals surface area contributed by atoms with E-state index in [9.17, 15) is 0 Å². The van der Waals surface area contributed by atoms with Crippen LogP contribution in [0.25, 0.3) is 0 Å². The molecule has 1 N–H and O–H groups in total. The molecule has 0 aromatic heterocycles. The third kappa shape index (κ3) is 4.59. The number of hydrogen-bond donors (Lipinski definition) is 1. The SMILES string of the molecule is Cc1ccc(C)c(OCCCC(C)(C)C=N)c1. The Labute approximate surface area is 105 Å². The number of hydrogen-bond acceptors (Lipinski definition) is 2. The lowest BCUT2D eigenvalue weighted by Crippen LogP contribution is -2.14. The van der Waals surface area contributed by atoms with Crippen LogP contribution in [-0.4, -0.2) is 12.8 Å². The highest BCUT2D eigenvalue weighted by atomic mass is 16.5. The van der Waals surface area contributed by atoms with Gasteiger partial charge < -0.3 is 10.1 Å². The minimum absolute atomic E-state index is 0.00892. The molecule has 0 aliphatic rings. The molecule has 0 amide bonds. The molecule has 0 spiro atoms. The Morgan fingerprint density at radius 3 is 2.65 bits per heavy atom. The fourth-order valence-electron chi connectivity index (χ4n) is 1.64. The molecule has 0 unspecified atom stereocenters. The summed E-state index contributed by atoms with van der Waals surface area (Å²) in [4.78, 5) is 0. The van der Waals surface area contributed by atoms with E-state index in [2.05, 4.69) is 45.9 Å². The first kappa shape index (κ1) is 13.8. The normalized spacial score (nSPS) is 11.3. The highest BCUT2D eigenvalue weighted by Crippen LogP contribution is 2.22. The van der Waals surface area contributed by atoms with E-state index in [4.69, 9.17) is 10.1 Å². The van der Waals surface area contributed by atoms with Crippen LogP contribution in [0.3, 0.4) is 0 Å². The molecule has 0 aliphatic heterocycles. The molecule has 2 nitrogen and oxygen atoms in total. The Morgan fingerprint density at radius 1 is 1.29 bits per heavy atom. The summed E-state index contributed by atoms with van der Waals surface area (Å²) in [5, 5.41) is 7.30. The summed E-state index contributed by atoms with van der Waals surface area (Å²) in [6.07, 6.45) is 3.49. The first-order chi connectivity index (χ1) is 7.94. The van der Waals surface area contributed by atoms with Gasteiger partial charge in [0, 0.05) is 6.21 Å². The quantitative estimate of drug-likeness (QED) is 0.581. The van der Waals surface area contributed by atoms with E-state index in [1.54, 1.807) is 0 Å². The first-order valence-electron chi connectivity index (χ1n) is 6.16. The molecule has 0 saturated heterocycles. The zero-order chi connectivity index (χ0) is 12.9. The van der Waals surface area contributed by atoms with E-state index >= 15 is 0 Å². The fraction of sp³-hybridized carbons (Fsp3) is 0.533. The average molecular weight is 233 g/mol. The van der Waals surface area contributed by atoms with Crippen LogP contribution < -0.4 is 4.74 Å². The van der Waals surface area contributed by atoms with Gasteiger partial charge in [0.15, 0.2) is 0 Å². The van der Waals surface area contributed by atoms with Gasteiger partial charge in [-0.15, -0.1) is 0 Å². The topological polar surface area (TPSA) is 33.1 Å². The van der Waals surface area contributed by atoms with E-state index < -0.39 is 0 Å². The van der Waals surface area contributed by atoms with Gasteiger partial charge in [-0.1, -0.05) is 26.0 Å². The van der Waals surface area contributed by atoms with Gasteiger partial charge in [-0.3, -0.25) is 0 Å². The van der Waals surface area contributed by atoms with E-state index in [-0.39, 0.29) is 5.41 Å². The standard InChI is InChI=1S/C15H23NO/c1-12-6-7-13(2)14(10-12)17-9-5-8-15(3,4)11-16/h6-7,10-11,16H,5,8-9H2,1-4H3. The van der Waals surface area contributed by atoms with Crippen molar-refractivity contribution in [2.24, 2.45) is 5.41 Å². The predicted octanol–water partition coefficient (Wildman–Crippen LogP) is 4.14.